The fourth-order valence-corrected chi connectivity index (χ4v) is 2.65. The second-order valence-corrected chi connectivity index (χ2v) is 5.35. The molecular formula is C15H19N3O2. The first-order chi connectivity index (χ1) is 9.58. The van der Waals surface area contributed by atoms with Crippen LogP contribution in [0.15, 0.2) is 29.2 Å². The van der Waals surface area contributed by atoms with Crippen LogP contribution in [0.3, 0.4) is 0 Å². The number of nitrogens with zero attached hydrogens (tertiary/aromatic N) is 3. The van der Waals surface area contributed by atoms with E-state index in [1.165, 1.54) is 0 Å². The number of ether oxygens (including phenoxy) is 1. The first kappa shape index (κ1) is 13.1. The van der Waals surface area contributed by atoms with Crippen LogP contribution < -0.4 is 10.5 Å². The monoisotopic (exact) mass is 273 g/mol. The van der Waals surface area contributed by atoms with Gasteiger partial charge in [-0.3, -0.25) is 9.20 Å². The molecule has 0 spiro atoms. The molecule has 20 heavy (non-hydrogen) atoms. The summed E-state index contributed by atoms with van der Waals surface area (Å²) in [6.45, 7) is 7.55. The van der Waals surface area contributed by atoms with E-state index in [0.717, 1.165) is 23.6 Å². The molecule has 1 fully saturated rings. The molecule has 0 amide bonds. The Morgan fingerprint density at radius 1 is 1.40 bits per heavy atom. The van der Waals surface area contributed by atoms with Gasteiger partial charge >= 0.3 is 0 Å². The second-order valence-electron chi connectivity index (χ2n) is 5.35. The largest absolute Gasteiger partial charge is 0.375 e. The van der Waals surface area contributed by atoms with Gasteiger partial charge in [0.15, 0.2) is 0 Å². The molecule has 2 unspecified atom stereocenters. The van der Waals surface area contributed by atoms with Gasteiger partial charge in [-0.2, -0.15) is 0 Å². The number of aryl methyl sites for hydroxylation is 1. The van der Waals surface area contributed by atoms with Crippen LogP contribution in [0, 0.1) is 6.92 Å². The molecule has 2 aromatic heterocycles. The van der Waals surface area contributed by atoms with E-state index in [1.54, 1.807) is 16.7 Å². The zero-order chi connectivity index (χ0) is 14.3. The summed E-state index contributed by atoms with van der Waals surface area (Å²) in [6, 6.07) is 5.66. The van der Waals surface area contributed by atoms with Gasteiger partial charge in [-0.15, -0.1) is 0 Å². The molecule has 2 atom stereocenters. The normalized spacial score (nSPS) is 23.2. The first-order valence-electron chi connectivity index (χ1n) is 6.95. The lowest BCUT2D eigenvalue weighted by molar-refractivity contribution is 0.0281. The third-order valence-electron chi connectivity index (χ3n) is 4.05. The minimum atomic E-state index is -0.0416. The van der Waals surface area contributed by atoms with Crippen LogP contribution in [-0.2, 0) is 4.74 Å². The van der Waals surface area contributed by atoms with E-state index in [0.29, 0.717) is 6.61 Å². The van der Waals surface area contributed by atoms with Crippen molar-refractivity contribution in [2.45, 2.75) is 32.9 Å². The van der Waals surface area contributed by atoms with Crippen LogP contribution in [0.1, 0.15) is 19.4 Å². The lowest BCUT2D eigenvalue weighted by Crippen LogP contribution is -2.49. The van der Waals surface area contributed by atoms with E-state index in [1.807, 2.05) is 19.1 Å². The van der Waals surface area contributed by atoms with Gasteiger partial charge in [-0.25, -0.2) is 4.98 Å². The Hall–Kier alpha value is -1.88. The zero-order valence-electron chi connectivity index (χ0n) is 12.0. The van der Waals surface area contributed by atoms with E-state index in [2.05, 4.69) is 23.7 Å². The number of hydrogen-bond donors (Lipinski definition) is 0. The predicted octanol–water partition coefficient (Wildman–Crippen LogP) is 1.62. The Labute approximate surface area is 117 Å². The average molecular weight is 273 g/mol. The molecule has 3 heterocycles. The van der Waals surface area contributed by atoms with Crippen LogP contribution in [0.4, 0.5) is 5.82 Å². The third-order valence-corrected chi connectivity index (χ3v) is 4.05. The summed E-state index contributed by atoms with van der Waals surface area (Å²) in [6.07, 6.45) is 1.90. The standard InChI is InChI=1S/C15H19N3O2/c1-10-5-4-6-18-14(19)9-13(16-15(10)18)17-7-8-20-12(3)11(17)2/h4-6,9,11-12H,7-8H2,1-3H3. The number of rotatable bonds is 1. The van der Waals surface area contributed by atoms with Crippen molar-refractivity contribution in [3.63, 3.8) is 0 Å². The van der Waals surface area contributed by atoms with Gasteiger partial charge in [-0.05, 0) is 32.4 Å². The summed E-state index contributed by atoms with van der Waals surface area (Å²) in [5.74, 6) is 0.743. The predicted molar refractivity (Wildman–Crippen MR) is 78.4 cm³/mol. The Kier molecular flexibility index (Phi) is 3.22. The highest BCUT2D eigenvalue weighted by Gasteiger charge is 2.27. The minimum Gasteiger partial charge on any atom is -0.375 e. The fourth-order valence-electron chi connectivity index (χ4n) is 2.65. The Bertz CT molecular complexity index is 695. The van der Waals surface area contributed by atoms with E-state index in [-0.39, 0.29) is 17.7 Å². The molecule has 0 aromatic carbocycles. The van der Waals surface area contributed by atoms with Crippen molar-refractivity contribution in [2.24, 2.45) is 0 Å². The van der Waals surface area contributed by atoms with Crippen LogP contribution >= 0.6 is 0 Å². The summed E-state index contributed by atoms with van der Waals surface area (Å²) >= 11 is 0. The maximum Gasteiger partial charge on any atom is 0.259 e. The molecule has 0 N–H and O–H groups in total. The lowest BCUT2D eigenvalue weighted by atomic mass is 10.1. The molecule has 0 radical (unpaired) electrons. The van der Waals surface area contributed by atoms with Crippen molar-refractivity contribution in [2.75, 3.05) is 18.1 Å². The summed E-state index contributed by atoms with van der Waals surface area (Å²) in [7, 11) is 0. The Morgan fingerprint density at radius 2 is 2.20 bits per heavy atom. The quantitative estimate of drug-likeness (QED) is 0.792. The molecule has 3 rings (SSSR count). The molecule has 2 aromatic rings. The van der Waals surface area contributed by atoms with Crippen LogP contribution in [0.5, 0.6) is 0 Å². The van der Waals surface area contributed by atoms with Gasteiger partial charge in [0.05, 0.1) is 18.8 Å². The van der Waals surface area contributed by atoms with Gasteiger partial charge in [0.25, 0.3) is 5.56 Å². The van der Waals surface area contributed by atoms with Gasteiger partial charge in [0, 0.05) is 18.8 Å². The molecular weight excluding hydrogens is 254 g/mol. The lowest BCUT2D eigenvalue weighted by Gasteiger charge is -2.38. The smallest absolute Gasteiger partial charge is 0.259 e. The molecule has 0 saturated carbocycles. The van der Waals surface area contributed by atoms with Crippen LogP contribution in [0.25, 0.3) is 5.65 Å². The number of aromatic nitrogens is 2. The van der Waals surface area contributed by atoms with Crippen LogP contribution in [0.2, 0.25) is 0 Å². The number of pyridine rings is 1. The summed E-state index contributed by atoms with van der Waals surface area (Å²) in [4.78, 5) is 19.1. The average Bonchev–Trinajstić information content (AvgIpc) is 2.43. The van der Waals surface area contributed by atoms with E-state index in [4.69, 9.17) is 4.74 Å². The molecule has 5 nitrogen and oxygen atoms in total. The third kappa shape index (κ3) is 2.08. The second kappa shape index (κ2) is 4.90. The van der Waals surface area contributed by atoms with Gasteiger partial charge in [0.2, 0.25) is 0 Å². The molecule has 1 aliphatic rings. The molecule has 0 aliphatic carbocycles. The van der Waals surface area contributed by atoms with Crippen molar-refractivity contribution in [3.8, 4) is 0 Å². The van der Waals surface area contributed by atoms with E-state index in [9.17, 15) is 4.79 Å². The highest BCUT2D eigenvalue weighted by atomic mass is 16.5. The Balaban J connectivity index is 2.13. The van der Waals surface area contributed by atoms with Gasteiger partial charge in [0.1, 0.15) is 11.5 Å². The van der Waals surface area contributed by atoms with Gasteiger partial charge < -0.3 is 9.64 Å². The zero-order valence-corrected chi connectivity index (χ0v) is 12.0. The summed E-state index contributed by atoms with van der Waals surface area (Å²) in [5, 5.41) is 0. The maximum atomic E-state index is 12.2. The topological polar surface area (TPSA) is 46.8 Å². The van der Waals surface area contributed by atoms with Crippen molar-refractivity contribution in [3.05, 3.63) is 40.3 Å². The van der Waals surface area contributed by atoms with Crippen molar-refractivity contribution in [1.29, 1.82) is 0 Å². The van der Waals surface area contributed by atoms with Crippen molar-refractivity contribution >= 4 is 11.5 Å². The van der Waals surface area contributed by atoms with E-state index >= 15 is 0 Å². The van der Waals surface area contributed by atoms with Crippen molar-refractivity contribution in [1.82, 2.24) is 9.38 Å². The molecule has 1 aliphatic heterocycles. The summed E-state index contributed by atoms with van der Waals surface area (Å²) in [5.41, 5.74) is 1.68. The molecule has 1 saturated heterocycles. The fraction of sp³-hybridized carbons (Fsp3) is 0.467. The number of fused-ring (bicyclic) bond motifs is 1. The summed E-state index contributed by atoms with van der Waals surface area (Å²) < 4.78 is 7.22. The molecule has 0 bridgehead atoms. The highest BCUT2D eigenvalue weighted by Crippen LogP contribution is 2.20. The number of hydrogen-bond acceptors (Lipinski definition) is 4. The van der Waals surface area contributed by atoms with Crippen molar-refractivity contribution < 1.29 is 4.74 Å². The van der Waals surface area contributed by atoms with E-state index < -0.39 is 0 Å². The minimum absolute atomic E-state index is 0.0416. The Morgan fingerprint density at radius 3 is 3.00 bits per heavy atom. The number of anilines is 1. The number of morpholine rings is 1. The maximum absolute atomic E-state index is 12.2. The van der Waals surface area contributed by atoms with Crippen LogP contribution in [-0.4, -0.2) is 34.7 Å². The highest BCUT2D eigenvalue weighted by molar-refractivity contribution is 5.53. The molecule has 5 heteroatoms. The first-order valence-corrected chi connectivity index (χ1v) is 6.95. The van der Waals surface area contributed by atoms with Gasteiger partial charge in [-0.1, -0.05) is 6.07 Å². The SMILES string of the molecule is Cc1cccn2c(=O)cc(N3CCOC(C)C3C)nc12. The molecule has 106 valence electrons.